The Morgan fingerprint density at radius 1 is 0.892 bits per heavy atom. The van der Waals surface area contributed by atoms with Crippen LogP contribution in [0.4, 0.5) is 11.5 Å². The molecule has 4 rings (SSSR count). The molecule has 0 saturated heterocycles. The Kier molecular flexibility index (Phi) is 8.75. The largest absolute Gasteiger partial charge is 0.469 e. The zero-order valence-electron chi connectivity index (χ0n) is 20.6. The summed E-state index contributed by atoms with van der Waals surface area (Å²) in [6.45, 7) is 0.684. The molecule has 0 bridgehead atoms. The fraction of sp³-hybridized carbons (Fsp3) is 0.133. The number of rotatable bonds is 10. The molecule has 0 fully saturated rings. The predicted octanol–water partition coefficient (Wildman–Crippen LogP) is 5.65. The summed E-state index contributed by atoms with van der Waals surface area (Å²) in [7, 11) is 1.35. The van der Waals surface area contributed by atoms with Gasteiger partial charge in [0.25, 0.3) is 5.91 Å². The van der Waals surface area contributed by atoms with Crippen molar-refractivity contribution in [2.45, 2.75) is 13.0 Å². The van der Waals surface area contributed by atoms with Crippen LogP contribution in [0.3, 0.4) is 0 Å². The summed E-state index contributed by atoms with van der Waals surface area (Å²) >= 11 is 0. The number of hydrogen-bond acceptors (Lipinski definition) is 6. The number of aromatic nitrogens is 2. The molecule has 37 heavy (non-hydrogen) atoms. The molecule has 4 aromatic rings. The maximum Gasteiger partial charge on any atom is 0.309 e. The number of methoxy groups -OCH3 is 1. The Morgan fingerprint density at radius 3 is 2.22 bits per heavy atom. The fourth-order valence-electron chi connectivity index (χ4n) is 3.68. The molecule has 1 heterocycles. The van der Waals surface area contributed by atoms with Gasteiger partial charge in [0.15, 0.2) is 5.82 Å². The molecule has 1 amide bonds. The zero-order valence-corrected chi connectivity index (χ0v) is 20.6. The topological polar surface area (TPSA) is 84.4 Å². The van der Waals surface area contributed by atoms with Gasteiger partial charge in [-0.3, -0.25) is 9.59 Å². The first kappa shape index (κ1) is 25.3. The maximum absolute atomic E-state index is 13.9. The molecule has 3 aromatic carbocycles. The number of para-hydroxylation sites is 1. The van der Waals surface area contributed by atoms with Gasteiger partial charge in [0.2, 0.25) is 0 Å². The lowest BCUT2D eigenvalue weighted by Crippen LogP contribution is -2.31. The minimum Gasteiger partial charge on any atom is -0.469 e. The number of anilines is 2. The fourth-order valence-corrected chi connectivity index (χ4v) is 3.68. The predicted molar refractivity (Wildman–Crippen MR) is 144 cm³/mol. The van der Waals surface area contributed by atoms with Crippen LogP contribution in [0.1, 0.15) is 22.3 Å². The van der Waals surface area contributed by atoms with Gasteiger partial charge in [-0.25, -0.2) is 9.97 Å². The van der Waals surface area contributed by atoms with E-state index < -0.39 is 0 Å². The van der Waals surface area contributed by atoms with Gasteiger partial charge in [-0.1, -0.05) is 91.0 Å². The number of nitrogens with zero attached hydrogens (tertiary/aromatic N) is 3. The minimum absolute atomic E-state index is 0.138. The monoisotopic (exact) mass is 492 g/mol. The molecular formula is C30H28N4O3. The number of benzene rings is 3. The SMILES string of the molecule is COC(=O)C/C=C/CN(Cc1ccccc1)C(=O)c1cnc(-c2ccccc2)nc1Nc1ccccc1. The second-order valence-electron chi connectivity index (χ2n) is 8.24. The number of carbonyl (C=O) groups is 2. The molecule has 0 atom stereocenters. The van der Waals surface area contributed by atoms with Gasteiger partial charge < -0.3 is 15.0 Å². The van der Waals surface area contributed by atoms with Gasteiger partial charge in [0.05, 0.1) is 13.5 Å². The van der Waals surface area contributed by atoms with Crippen LogP contribution in [0.2, 0.25) is 0 Å². The molecule has 0 saturated carbocycles. The van der Waals surface area contributed by atoms with Crippen LogP contribution in [0, 0.1) is 0 Å². The highest BCUT2D eigenvalue weighted by molar-refractivity contribution is 5.99. The number of esters is 1. The lowest BCUT2D eigenvalue weighted by Gasteiger charge is -2.23. The van der Waals surface area contributed by atoms with Crippen molar-refractivity contribution in [1.82, 2.24) is 14.9 Å². The number of hydrogen-bond donors (Lipinski definition) is 1. The van der Waals surface area contributed by atoms with E-state index in [9.17, 15) is 9.59 Å². The molecule has 1 aromatic heterocycles. The van der Waals surface area contributed by atoms with E-state index in [-0.39, 0.29) is 18.3 Å². The Labute approximate surface area is 216 Å². The third kappa shape index (κ3) is 7.11. The van der Waals surface area contributed by atoms with Crippen LogP contribution in [0.15, 0.2) is 109 Å². The quantitative estimate of drug-likeness (QED) is 0.228. The van der Waals surface area contributed by atoms with Gasteiger partial charge in [0, 0.05) is 30.5 Å². The van der Waals surface area contributed by atoms with E-state index in [2.05, 4.69) is 10.3 Å². The number of ether oxygens (including phenoxy) is 1. The van der Waals surface area contributed by atoms with Crippen molar-refractivity contribution >= 4 is 23.4 Å². The molecule has 7 heteroatoms. The molecule has 0 aliphatic heterocycles. The standard InChI is InChI=1S/C30H28N4O3/c1-37-27(35)19-11-12-20-34(22-23-13-5-2-6-14-23)30(36)26-21-31-28(24-15-7-3-8-16-24)33-29(26)32-25-17-9-4-10-18-25/h2-18,21H,19-20,22H2,1H3,(H,31,32,33)/b12-11+. The van der Waals surface area contributed by atoms with Crippen molar-refractivity contribution < 1.29 is 14.3 Å². The highest BCUT2D eigenvalue weighted by atomic mass is 16.5. The average molecular weight is 493 g/mol. The first-order valence-electron chi connectivity index (χ1n) is 11.9. The van der Waals surface area contributed by atoms with Crippen LogP contribution in [-0.4, -0.2) is 40.4 Å². The normalized spacial score (nSPS) is 10.7. The van der Waals surface area contributed by atoms with Crippen LogP contribution < -0.4 is 5.32 Å². The lowest BCUT2D eigenvalue weighted by atomic mass is 10.1. The average Bonchev–Trinajstić information content (AvgIpc) is 2.95. The Bertz CT molecular complexity index is 1340. The van der Waals surface area contributed by atoms with Gasteiger partial charge in [0.1, 0.15) is 11.4 Å². The molecule has 7 nitrogen and oxygen atoms in total. The third-order valence-electron chi connectivity index (χ3n) is 5.60. The van der Waals surface area contributed by atoms with Crippen LogP contribution >= 0.6 is 0 Å². The maximum atomic E-state index is 13.9. The second-order valence-corrected chi connectivity index (χ2v) is 8.24. The van der Waals surface area contributed by atoms with Crippen molar-refractivity contribution in [3.8, 4) is 11.4 Å². The molecule has 0 radical (unpaired) electrons. The van der Waals surface area contributed by atoms with E-state index in [1.807, 2.05) is 91.0 Å². The summed E-state index contributed by atoms with van der Waals surface area (Å²) < 4.78 is 4.69. The minimum atomic E-state index is -0.337. The zero-order chi connectivity index (χ0) is 25.9. The summed E-state index contributed by atoms with van der Waals surface area (Å²) in [4.78, 5) is 36.3. The molecule has 0 unspecified atom stereocenters. The molecule has 0 aliphatic rings. The third-order valence-corrected chi connectivity index (χ3v) is 5.60. The second kappa shape index (κ2) is 12.8. The van der Waals surface area contributed by atoms with Gasteiger partial charge >= 0.3 is 5.97 Å². The molecule has 1 N–H and O–H groups in total. The van der Waals surface area contributed by atoms with E-state index in [1.165, 1.54) is 7.11 Å². The molecular weight excluding hydrogens is 464 g/mol. The van der Waals surface area contributed by atoms with Gasteiger partial charge in [-0.15, -0.1) is 0 Å². The molecule has 0 spiro atoms. The molecule has 0 aliphatic carbocycles. The first-order valence-corrected chi connectivity index (χ1v) is 11.9. The van der Waals surface area contributed by atoms with Crippen LogP contribution in [0.5, 0.6) is 0 Å². The summed E-state index contributed by atoms with van der Waals surface area (Å²) in [5, 5.41) is 3.29. The van der Waals surface area contributed by atoms with Gasteiger partial charge in [-0.05, 0) is 17.7 Å². The van der Waals surface area contributed by atoms with Crippen molar-refractivity contribution in [2.75, 3.05) is 19.0 Å². The smallest absolute Gasteiger partial charge is 0.309 e. The van der Waals surface area contributed by atoms with E-state index >= 15 is 0 Å². The van der Waals surface area contributed by atoms with E-state index in [1.54, 1.807) is 23.2 Å². The van der Waals surface area contributed by atoms with Crippen LogP contribution in [0.25, 0.3) is 11.4 Å². The van der Waals surface area contributed by atoms with E-state index in [0.29, 0.717) is 30.3 Å². The Balaban J connectivity index is 1.67. The van der Waals surface area contributed by atoms with Crippen molar-refractivity contribution in [3.05, 3.63) is 120 Å². The van der Waals surface area contributed by atoms with E-state index in [4.69, 9.17) is 9.72 Å². The summed E-state index contributed by atoms with van der Waals surface area (Å²) in [6.07, 6.45) is 5.20. The highest BCUT2D eigenvalue weighted by Gasteiger charge is 2.21. The van der Waals surface area contributed by atoms with Crippen molar-refractivity contribution in [1.29, 1.82) is 0 Å². The van der Waals surface area contributed by atoms with Crippen molar-refractivity contribution in [3.63, 3.8) is 0 Å². The van der Waals surface area contributed by atoms with Gasteiger partial charge in [-0.2, -0.15) is 0 Å². The summed E-state index contributed by atoms with van der Waals surface area (Å²) in [6, 6.07) is 28.9. The summed E-state index contributed by atoms with van der Waals surface area (Å²) in [5.74, 6) is 0.367. The number of nitrogens with one attached hydrogen (secondary N) is 1. The number of carbonyl (C=O) groups excluding carboxylic acids is 2. The lowest BCUT2D eigenvalue weighted by molar-refractivity contribution is -0.139. The Hall–Kier alpha value is -4.78. The first-order chi connectivity index (χ1) is 18.1. The van der Waals surface area contributed by atoms with Crippen molar-refractivity contribution in [2.24, 2.45) is 0 Å². The van der Waals surface area contributed by atoms with Crippen LogP contribution in [-0.2, 0) is 16.1 Å². The Morgan fingerprint density at radius 2 is 1.54 bits per heavy atom. The number of amides is 1. The van der Waals surface area contributed by atoms with E-state index in [0.717, 1.165) is 16.8 Å². The molecule has 186 valence electrons. The highest BCUT2D eigenvalue weighted by Crippen LogP contribution is 2.24. The summed E-state index contributed by atoms with van der Waals surface area (Å²) in [5.41, 5.74) is 2.99.